The molecule has 5 nitrogen and oxygen atoms in total. The highest BCUT2D eigenvalue weighted by Crippen LogP contribution is 2.26. The lowest BCUT2D eigenvalue weighted by atomic mass is 10.2. The third-order valence-corrected chi connectivity index (χ3v) is 2.82. The van der Waals surface area contributed by atoms with Gasteiger partial charge < -0.3 is 5.73 Å². The molecule has 1 heterocycles. The first-order valence-electron chi connectivity index (χ1n) is 4.40. The van der Waals surface area contributed by atoms with Gasteiger partial charge in [-0.2, -0.15) is 4.68 Å². The number of nitrogens with two attached hydrogens (primary N) is 1. The van der Waals surface area contributed by atoms with Crippen molar-refractivity contribution in [2.24, 2.45) is 0 Å². The molecule has 0 unspecified atom stereocenters. The molecule has 0 saturated heterocycles. The Kier molecular flexibility index (Phi) is 2.44. The number of hydrogen-bond acceptors (Lipinski definition) is 4. The van der Waals surface area contributed by atoms with Gasteiger partial charge in [0, 0.05) is 10.2 Å². The molecule has 1 aromatic carbocycles. The standard InChI is InChI=1S/C9H10BrN5/c1-5-3-7(10)9(4-8(5)11)15-6(2)12-13-14-15/h3-4H,11H2,1-2H3. The van der Waals surface area contributed by atoms with Gasteiger partial charge in [-0.3, -0.25) is 0 Å². The van der Waals surface area contributed by atoms with Crippen molar-refractivity contribution in [1.82, 2.24) is 20.2 Å². The van der Waals surface area contributed by atoms with E-state index in [9.17, 15) is 0 Å². The van der Waals surface area contributed by atoms with Crippen molar-refractivity contribution >= 4 is 21.6 Å². The molecule has 0 fully saturated rings. The molecule has 0 saturated carbocycles. The van der Waals surface area contributed by atoms with E-state index in [1.165, 1.54) is 0 Å². The summed E-state index contributed by atoms with van der Waals surface area (Å²) in [5.41, 5.74) is 8.44. The van der Waals surface area contributed by atoms with Crippen LogP contribution in [0.25, 0.3) is 5.69 Å². The van der Waals surface area contributed by atoms with Gasteiger partial charge in [0.05, 0.1) is 5.69 Å². The number of nitrogen functional groups attached to an aromatic ring is 1. The summed E-state index contributed by atoms with van der Waals surface area (Å²) in [5, 5.41) is 11.3. The summed E-state index contributed by atoms with van der Waals surface area (Å²) in [6, 6.07) is 3.80. The first-order chi connectivity index (χ1) is 7.09. The van der Waals surface area contributed by atoms with Crippen LogP contribution in [0.15, 0.2) is 16.6 Å². The number of rotatable bonds is 1. The summed E-state index contributed by atoms with van der Waals surface area (Å²) >= 11 is 3.46. The van der Waals surface area contributed by atoms with Crippen LogP contribution >= 0.6 is 15.9 Å². The summed E-state index contributed by atoms with van der Waals surface area (Å²) in [4.78, 5) is 0. The lowest BCUT2D eigenvalue weighted by Gasteiger charge is -2.08. The smallest absolute Gasteiger partial charge is 0.153 e. The zero-order valence-electron chi connectivity index (χ0n) is 8.40. The Hall–Kier alpha value is -1.43. The molecule has 0 amide bonds. The molecule has 15 heavy (non-hydrogen) atoms. The number of halogens is 1. The minimum Gasteiger partial charge on any atom is -0.398 e. The average Bonchev–Trinajstić information content (AvgIpc) is 2.58. The summed E-state index contributed by atoms with van der Waals surface area (Å²) in [5.74, 6) is 0.721. The van der Waals surface area contributed by atoms with Crippen LogP contribution in [-0.2, 0) is 0 Å². The first-order valence-corrected chi connectivity index (χ1v) is 5.20. The van der Waals surface area contributed by atoms with Crippen LogP contribution in [0.2, 0.25) is 0 Å². The Balaban J connectivity index is 2.64. The van der Waals surface area contributed by atoms with Gasteiger partial charge in [0.15, 0.2) is 5.82 Å². The van der Waals surface area contributed by atoms with Crippen LogP contribution < -0.4 is 5.73 Å². The monoisotopic (exact) mass is 267 g/mol. The molecular weight excluding hydrogens is 258 g/mol. The second kappa shape index (κ2) is 3.62. The second-order valence-electron chi connectivity index (χ2n) is 3.30. The Bertz CT molecular complexity index is 505. The fourth-order valence-electron chi connectivity index (χ4n) is 1.29. The summed E-state index contributed by atoms with van der Waals surface area (Å²) < 4.78 is 2.56. The number of nitrogens with zero attached hydrogens (tertiary/aromatic N) is 4. The summed E-state index contributed by atoms with van der Waals surface area (Å²) in [6.45, 7) is 3.79. The third-order valence-electron chi connectivity index (χ3n) is 2.19. The van der Waals surface area contributed by atoms with Gasteiger partial charge in [0.1, 0.15) is 0 Å². The predicted octanol–water partition coefficient (Wildman–Crippen LogP) is 1.62. The topological polar surface area (TPSA) is 69.6 Å². The molecule has 1 aromatic heterocycles. The van der Waals surface area contributed by atoms with E-state index in [2.05, 4.69) is 31.5 Å². The zero-order valence-corrected chi connectivity index (χ0v) is 9.98. The highest BCUT2D eigenvalue weighted by molar-refractivity contribution is 9.10. The number of anilines is 1. The maximum absolute atomic E-state index is 5.84. The van der Waals surface area contributed by atoms with Crippen LogP contribution in [0, 0.1) is 13.8 Å². The average molecular weight is 268 g/mol. The number of aromatic nitrogens is 4. The predicted molar refractivity (Wildman–Crippen MR) is 60.7 cm³/mol. The molecule has 0 aliphatic carbocycles. The number of aryl methyl sites for hydroxylation is 2. The molecule has 0 spiro atoms. The Morgan fingerprint density at radius 2 is 2.07 bits per heavy atom. The molecule has 0 aliphatic heterocycles. The van der Waals surface area contributed by atoms with Crippen LogP contribution in [-0.4, -0.2) is 20.2 Å². The molecule has 78 valence electrons. The van der Waals surface area contributed by atoms with Crippen molar-refractivity contribution < 1.29 is 0 Å². The van der Waals surface area contributed by atoms with E-state index in [1.54, 1.807) is 4.68 Å². The minimum absolute atomic E-state index is 0.721. The third kappa shape index (κ3) is 1.72. The molecule has 2 rings (SSSR count). The van der Waals surface area contributed by atoms with E-state index in [0.29, 0.717) is 0 Å². The second-order valence-corrected chi connectivity index (χ2v) is 4.15. The molecule has 0 aliphatic rings. The largest absolute Gasteiger partial charge is 0.398 e. The van der Waals surface area contributed by atoms with E-state index in [-0.39, 0.29) is 0 Å². The van der Waals surface area contributed by atoms with Crippen molar-refractivity contribution in [1.29, 1.82) is 0 Å². The summed E-state index contributed by atoms with van der Waals surface area (Å²) in [6.07, 6.45) is 0. The van der Waals surface area contributed by atoms with Gasteiger partial charge >= 0.3 is 0 Å². The summed E-state index contributed by atoms with van der Waals surface area (Å²) in [7, 11) is 0. The molecule has 0 atom stereocenters. The number of benzene rings is 1. The SMILES string of the molecule is Cc1cc(Br)c(-n2nnnc2C)cc1N. The fraction of sp³-hybridized carbons (Fsp3) is 0.222. The molecular formula is C9H10BrN5. The van der Waals surface area contributed by atoms with E-state index >= 15 is 0 Å². The maximum atomic E-state index is 5.84. The van der Waals surface area contributed by atoms with Crippen molar-refractivity contribution in [3.8, 4) is 5.69 Å². The normalized spacial score (nSPS) is 10.6. The van der Waals surface area contributed by atoms with Crippen molar-refractivity contribution in [3.63, 3.8) is 0 Å². The number of tetrazole rings is 1. The fourth-order valence-corrected chi connectivity index (χ4v) is 1.92. The molecule has 0 bridgehead atoms. The van der Waals surface area contributed by atoms with Crippen LogP contribution in [0.1, 0.15) is 11.4 Å². The molecule has 6 heteroatoms. The lowest BCUT2D eigenvalue weighted by molar-refractivity contribution is 0.777. The van der Waals surface area contributed by atoms with E-state index in [0.717, 1.165) is 27.2 Å². The van der Waals surface area contributed by atoms with Gasteiger partial charge in [0.25, 0.3) is 0 Å². The van der Waals surface area contributed by atoms with Gasteiger partial charge in [0.2, 0.25) is 0 Å². The van der Waals surface area contributed by atoms with Crippen LogP contribution in [0.4, 0.5) is 5.69 Å². The quantitative estimate of drug-likeness (QED) is 0.798. The Morgan fingerprint density at radius 1 is 1.33 bits per heavy atom. The van der Waals surface area contributed by atoms with Crippen molar-refractivity contribution in [3.05, 3.63) is 28.0 Å². The van der Waals surface area contributed by atoms with E-state index < -0.39 is 0 Å². The zero-order chi connectivity index (χ0) is 11.0. The molecule has 2 N–H and O–H groups in total. The lowest BCUT2D eigenvalue weighted by Crippen LogP contribution is -2.02. The van der Waals surface area contributed by atoms with Crippen LogP contribution in [0.5, 0.6) is 0 Å². The maximum Gasteiger partial charge on any atom is 0.153 e. The highest BCUT2D eigenvalue weighted by atomic mass is 79.9. The van der Waals surface area contributed by atoms with Gasteiger partial charge in [-0.25, -0.2) is 0 Å². The van der Waals surface area contributed by atoms with Crippen molar-refractivity contribution in [2.45, 2.75) is 13.8 Å². The van der Waals surface area contributed by atoms with Gasteiger partial charge in [-0.1, -0.05) is 0 Å². The Morgan fingerprint density at radius 3 is 2.67 bits per heavy atom. The Labute approximate surface area is 95.4 Å². The van der Waals surface area contributed by atoms with Gasteiger partial charge in [-0.05, 0) is 57.9 Å². The van der Waals surface area contributed by atoms with E-state index in [1.807, 2.05) is 26.0 Å². The van der Waals surface area contributed by atoms with Crippen molar-refractivity contribution in [2.75, 3.05) is 5.73 Å². The van der Waals surface area contributed by atoms with Gasteiger partial charge in [-0.15, -0.1) is 5.10 Å². The minimum atomic E-state index is 0.721. The molecule has 2 aromatic rings. The highest BCUT2D eigenvalue weighted by Gasteiger charge is 2.09. The first kappa shape index (κ1) is 10.1. The van der Waals surface area contributed by atoms with Crippen LogP contribution in [0.3, 0.4) is 0 Å². The number of hydrogen-bond donors (Lipinski definition) is 1. The van der Waals surface area contributed by atoms with E-state index in [4.69, 9.17) is 5.73 Å². The molecule has 0 radical (unpaired) electrons.